The highest BCUT2D eigenvalue weighted by Crippen LogP contribution is 2.33. The average Bonchev–Trinajstić information content (AvgIpc) is 2.36. The molecule has 17 heavy (non-hydrogen) atoms. The summed E-state index contributed by atoms with van der Waals surface area (Å²) in [7, 11) is 0. The van der Waals surface area contributed by atoms with Crippen LogP contribution in [0.4, 0.5) is 10.5 Å². The monoisotopic (exact) mass is 234 g/mol. The van der Waals surface area contributed by atoms with Gasteiger partial charge in [-0.25, -0.2) is 4.79 Å². The fourth-order valence-electron chi connectivity index (χ4n) is 1.68. The predicted molar refractivity (Wildman–Crippen MR) is 57.9 cm³/mol. The number of hydrogen-bond acceptors (Lipinski definition) is 4. The number of anilines is 1. The topological polar surface area (TPSA) is 93.8 Å². The van der Waals surface area contributed by atoms with Gasteiger partial charge in [-0.3, -0.25) is 4.90 Å². The fourth-order valence-corrected chi connectivity index (χ4v) is 1.68. The number of amides is 1. The number of ether oxygens (including phenoxy) is 1. The predicted octanol–water partition coefficient (Wildman–Crippen LogP) is 1.12. The third-order valence-electron chi connectivity index (χ3n) is 2.52. The minimum Gasteiger partial charge on any atom is -0.490 e. The van der Waals surface area contributed by atoms with E-state index in [1.807, 2.05) is 0 Å². The van der Waals surface area contributed by atoms with Crippen LogP contribution < -0.4 is 9.64 Å². The summed E-state index contributed by atoms with van der Waals surface area (Å²) in [6.07, 6.45) is -2.35. The molecule has 1 unspecified atom stereocenters. The molecule has 0 radical (unpaired) electrons. The SMILES string of the molecule is N#CC(O)c1ccc2c(c1)N(C(=O)O)CCO2. The Morgan fingerprint density at radius 2 is 2.35 bits per heavy atom. The molecule has 1 aromatic rings. The summed E-state index contributed by atoms with van der Waals surface area (Å²) in [5, 5.41) is 27.0. The number of carboxylic acid groups (broad SMARTS) is 1. The van der Waals surface area contributed by atoms with Crippen LogP contribution in [0, 0.1) is 11.3 Å². The lowest BCUT2D eigenvalue weighted by Crippen LogP contribution is -2.36. The summed E-state index contributed by atoms with van der Waals surface area (Å²) >= 11 is 0. The van der Waals surface area contributed by atoms with Crippen LogP contribution in [-0.2, 0) is 0 Å². The molecule has 88 valence electrons. The van der Waals surface area contributed by atoms with Crippen LogP contribution in [-0.4, -0.2) is 29.5 Å². The van der Waals surface area contributed by atoms with Gasteiger partial charge >= 0.3 is 6.09 Å². The lowest BCUT2D eigenvalue weighted by Gasteiger charge is -2.27. The van der Waals surface area contributed by atoms with E-state index in [-0.39, 0.29) is 6.54 Å². The first-order chi connectivity index (χ1) is 8.13. The van der Waals surface area contributed by atoms with Crippen molar-refractivity contribution in [1.82, 2.24) is 0 Å². The Balaban J connectivity index is 2.44. The first kappa shape index (κ1) is 11.2. The van der Waals surface area contributed by atoms with Gasteiger partial charge in [-0.15, -0.1) is 0 Å². The van der Waals surface area contributed by atoms with Gasteiger partial charge in [-0.1, -0.05) is 6.07 Å². The third kappa shape index (κ3) is 2.00. The molecule has 1 heterocycles. The smallest absolute Gasteiger partial charge is 0.412 e. The maximum absolute atomic E-state index is 11.0. The van der Waals surface area contributed by atoms with Crippen molar-refractivity contribution in [3.63, 3.8) is 0 Å². The van der Waals surface area contributed by atoms with E-state index in [0.717, 1.165) is 4.90 Å². The zero-order chi connectivity index (χ0) is 12.4. The lowest BCUT2D eigenvalue weighted by molar-refractivity contribution is 0.196. The maximum atomic E-state index is 11.0. The Morgan fingerprint density at radius 1 is 1.59 bits per heavy atom. The Kier molecular flexibility index (Phi) is 2.85. The van der Waals surface area contributed by atoms with E-state index in [4.69, 9.17) is 15.1 Å². The number of aliphatic hydroxyl groups excluding tert-OH is 1. The highest BCUT2D eigenvalue weighted by Gasteiger charge is 2.24. The fraction of sp³-hybridized carbons (Fsp3) is 0.273. The number of rotatable bonds is 1. The van der Waals surface area contributed by atoms with E-state index in [1.54, 1.807) is 12.1 Å². The second-order valence-electron chi connectivity index (χ2n) is 3.54. The van der Waals surface area contributed by atoms with Crippen LogP contribution in [0.2, 0.25) is 0 Å². The molecule has 0 fully saturated rings. The molecule has 0 spiro atoms. The molecule has 2 rings (SSSR count). The summed E-state index contributed by atoms with van der Waals surface area (Å²) < 4.78 is 5.30. The van der Waals surface area contributed by atoms with Gasteiger partial charge in [0.25, 0.3) is 0 Å². The minimum absolute atomic E-state index is 0.231. The number of carbonyl (C=O) groups is 1. The van der Waals surface area contributed by atoms with Crippen LogP contribution >= 0.6 is 0 Å². The Morgan fingerprint density at radius 3 is 3.00 bits per heavy atom. The van der Waals surface area contributed by atoms with Gasteiger partial charge in [0.2, 0.25) is 0 Å². The van der Waals surface area contributed by atoms with Crippen molar-refractivity contribution in [3.05, 3.63) is 23.8 Å². The van der Waals surface area contributed by atoms with E-state index < -0.39 is 12.2 Å². The van der Waals surface area contributed by atoms with Gasteiger partial charge in [-0.05, 0) is 17.7 Å². The quantitative estimate of drug-likeness (QED) is 0.710. The van der Waals surface area contributed by atoms with Crippen LogP contribution in [0.3, 0.4) is 0 Å². The van der Waals surface area contributed by atoms with Gasteiger partial charge in [0.05, 0.1) is 18.3 Å². The molecule has 1 aromatic carbocycles. The normalized spacial score (nSPS) is 15.4. The number of nitriles is 1. The van der Waals surface area contributed by atoms with E-state index >= 15 is 0 Å². The van der Waals surface area contributed by atoms with Crippen molar-refractivity contribution < 1.29 is 19.7 Å². The van der Waals surface area contributed by atoms with Gasteiger partial charge in [-0.2, -0.15) is 5.26 Å². The molecular formula is C11H10N2O4. The van der Waals surface area contributed by atoms with Crippen molar-refractivity contribution in [2.45, 2.75) is 6.10 Å². The van der Waals surface area contributed by atoms with Gasteiger partial charge < -0.3 is 14.9 Å². The van der Waals surface area contributed by atoms with Crippen molar-refractivity contribution in [1.29, 1.82) is 5.26 Å². The molecule has 1 aliphatic heterocycles. The average molecular weight is 234 g/mol. The zero-order valence-electron chi connectivity index (χ0n) is 8.83. The number of nitrogens with zero attached hydrogens (tertiary/aromatic N) is 2. The second kappa shape index (κ2) is 4.31. The molecule has 0 saturated carbocycles. The molecule has 0 aromatic heterocycles. The van der Waals surface area contributed by atoms with Crippen LogP contribution in [0.1, 0.15) is 11.7 Å². The molecule has 2 N–H and O–H groups in total. The first-order valence-corrected chi connectivity index (χ1v) is 4.98. The van der Waals surface area contributed by atoms with E-state index in [0.29, 0.717) is 23.6 Å². The largest absolute Gasteiger partial charge is 0.490 e. The van der Waals surface area contributed by atoms with Gasteiger partial charge in [0, 0.05) is 0 Å². The summed E-state index contributed by atoms with van der Waals surface area (Å²) in [5.41, 5.74) is 0.707. The van der Waals surface area contributed by atoms with E-state index in [9.17, 15) is 9.90 Å². The van der Waals surface area contributed by atoms with Crippen molar-refractivity contribution >= 4 is 11.8 Å². The Hall–Kier alpha value is -2.26. The highest BCUT2D eigenvalue weighted by atomic mass is 16.5. The summed E-state index contributed by atoms with van der Waals surface area (Å²) in [4.78, 5) is 12.1. The van der Waals surface area contributed by atoms with Crippen molar-refractivity contribution in [2.24, 2.45) is 0 Å². The maximum Gasteiger partial charge on any atom is 0.412 e. The molecule has 6 nitrogen and oxygen atoms in total. The molecular weight excluding hydrogens is 224 g/mol. The molecule has 6 heteroatoms. The van der Waals surface area contributed by atoms with Gasteiger partial charge in [0.15, 0.2) is 6.10 Å². The number of aliphatic hydroxyl groups is 1. The Labute approximate surface area is 97.3 Å². The summed E-state index contributed by atoms with van der Waals surface area (Å²) in [5.74, 6) is 0.438. The molecule has 1 atom stereocenters. The second-order valence-corrected chi connectivity index (χ2v) is 3.54. The summed E-state index contributed by atoms with van der Waals surface area (Å²) in [6.45, 7) is 0.522. The molecule has 1 amide bonds. The number of hydrogen-bond donors (Lipinski definition) is 2. The first-order valence-electron chi connectivity index (χ1n) is 4.98. The molecule has 0 bridgehead atoms. The summed E-state index contributed by atoms with van der Waals surface area (Å²) in [6, 6.07) is 6.23. The van der Waals surface area contributed by atoms with E-state index in [2.05, 4.69) is 0 Å². The number of fused-ring (bicyclic) bond motifs is 1. The minimum atomic E-state index is -1.27. The van der Waals surface area contributed by atoms with Crippen molar-refractivity contribution in [2.75, 3.05) is 18.1 Å². The van der Waals surface area contributed by atoms with Crippen LogP contribution in [0.15, 0.2) is 18.2 Å². The number of benzene rings is 1. The Bertz CT molecular complexity index is 495. The van der Waals surface area contributed by atoms with E-state index in [1.165, 1.54) is 12.1 Å². The molecule has 0 saturated heterocycles. The highest BCUT2D eigenvalue weighted by molar-refractivity contribution is 5.89. The third-order valence-corrected chi connectivity index (χ3v) is 2.52. The standard InChI is InChI=1S/C11H10N2O4/c12-6-9(14)7-1-2-10-8(5-7)13(11(15)16)3-4-17-10/h1-2,5,9,14H,3-4H2,(H,15,16). The van der Waals surface area contributed by atoms with Crippen LogP contribution in [0.25, 0.3) is 0 Å². The van der Waals surface area contributed by atoms with Crippen molar-refractivity contribution in [3.8, 4) is 11.8 Å². The lowest BCUT2D eigenvalue weighted by atomic mass is 10.1. The molecule has 1 aliphatic rings. The zero-order valence-corrected chi connectivity index (χ0v) is 8.83. The van der Waals surface area contributed by atoms with Crippen LogP contribution in [0.5, 0.6) is 5.75 Å². The molecule has 0 aliphatic carbocycles. The van der Waals surface area contributed by atoms with Gasteiger partial charge in [0.1, 0.15) is 12.4 Å².